The van der Waals surface area contributed by atoms with Crippen LogP contribution in [0.15, 0.2) is 29.2 Å². The summed E-state index contributed by atoms with van der Waals surface area (Å²) in [6.07, 6.45) is -0.395. The van der Waals surface area contributed by atoms with Gasteiger partial charge in [0.15, 0.2) is 0 Å². The molecule has 0 heterocycles. The second-order valence-corrected chi connectivity index (χ2v) is 7.74. The van der Waals surface area contributed by atoms with Crippen molar-refractivity contribution in [2.75, 3.05) is 26.2 Å². The predicted octanol–water partition coefficient (Wildman–Crippen LogP) is 3.89. The van der Waals surface area contributed by atoms with Crippen molar-refractivity contribution in [1.29, 1.82) is 0 Å². The first-order valence-electron chi connectivity index (χ1n) is 8.60. The van der Waals surface area contributed by atoms with Crippen LogP contribution in [-0.2, 0) is 16.2 Å². The molecule has 1 N–H and O–H groups in total. The number of nitrogens with zero attached hydrogens (tertiary/aromatic N) is 1. The first-order chi connectivity index (χ1) is 11.7. The molecule has 0 spiro atoms. The third-order valence-corrected chi connectivity index (χ3v) is 5.31. The summed E-state index contributed by atoms with van der Waals surface area (Å²) in [6, 6.07) is 3.79. The fraction of sp³-hybridized carbons (Fsp3) is 0.647. The molecule has 25 heavy (non-hydrogen) atoms. The molecule has 0 aliphatic heterocycles. The van der Waals surface area contributed by atoms with Crippen molar-refractivity contribution < 1.29 is 21.6 Å². The van der Waals surface area contributed by atoms with Crippen LogP contribution in [0.1, 0.15) is 45.1 Å². The van der Waals surface area contributed by atoms with Crippen molar-refractivity contribution in [3.05, 3.63) is 29.8 Å². The maximum absolute atomic E-state index is 12.7. The lowest BCUT2D eigenvalue weighted by Gasteiger charge is -2.22. The van der Waals surface area contributed by atoms with E-state index in [1.165, 1.54) is 6.07 Å². The van der Waals surface area contributed by atoms with E-state index in [0.717, 1.165) is 50.9 Å². The van der Waals surface area contributed by atoms with Gasteiger partial charge in [-0.25, -0.2) is 13.1 Å². The zero-order valence-corrected chi connectivity index (χ0v) is 15.6. The molecule has 0 saturated heterocycles. The van der Waals surface area contributed by atoms with E-state index in [0.29, 0.717) is 12.6 Å². The van der Waals surface area contributed by atoms with Gasteiger partial charge in [0.05, 0.1) is 10.5 Å². The Morgan fingerprint density at radius 1 is 1.04 bits per heavy atom. The van der Waals surface area contributed by atoms with Crippen LogP contribution >= 0.6 is 0 Å². The standard InChI is InChI=1S/C17H27F3N2O2S/c1-3-5-11-22(12-6-4-2)13-10-21-25(23,24)16-9-7-8-15(14-16)17(18,19)20/h7-9,14,21H,3-6,10-13H2,1-2H3. The molecule has 8 heteroatoms. The van der Waals surface area contributed by atoms with Gasteiger partial charge in [-0.05, 0) is 44.1 Å². The van der Waals surface area contributed by atoms with Crippen LogP contribution in [0.2, 0.25) is 0 Å². The molecule has 0 unspecified atom stereocenters. The van der Waals surface area contributed by atoms with Crippen molar-refractivity contribution in [3.63, 3.8) is 0 Å². The highest BCUT2D eigenvalue weighted by Crippen LogP contribution is 2.30. The third kappa shape index (κ3) is 7.75. The Kier molecular flexibility index (Phi) is 8.88. The van der Waals surface area contributed by atoms with Crippen molar-refractivity contribution in [2.24, 2.45) is 0 Å². The van der Waals surface area contributed by atoms with Gasteiger partial charge in [0, 0.05) is 13.1 Å². The molecule has 0 atom stereocenters. The van der Waals surface area contributed by atoms with Gasteiger partial charge in [0.25, 0.3) is 0 Å². The van der Waals surface area contributed by atoms with Crippen LogP contribution in [0.3, 0.4) is 0 Å². The quantitative estimate of drug-likeness (QED) is 0.634. The number of unbranched alkanes of at least 4 members (excludes halogenated alkanes) is 2. The summed E-state index contributed by atoms with van der Waals surface area (Å²) in [6.45, 7) is 6.68. The summed E-state index contributed by atoms with van der Waals surface area (Å²) in [5, 5.41) is 0. The monoisotopic (exact) mass is 380 g/mol. The highest BCUT2D eigenvalue weighted by atomic mass is 32.2. The van der Waals surface area contributed by atoms with E-state index in [9.17, 15) is 21.6 Å². The van der Waals surface area contributed by atoms with Gasteiger partial charge in [-0.3, -0.25) is 0 Å². The van der Waals surface area contributed by atoms with E-state index in [2.05, 4.69) is 23.5 Å². The smallest absolute Gasteiger partial charge is 0.302 e. The molecular formula is C17H27F3N2O2S. The molecule has 1 aromatic carbocycles. The Hall–Kier alpha value is -1.12. The van der Waals surface area contributed by atoms with Crippen LogP contribution < -0.4 is 4.72 Å². The average molecular weight is 380 g/mol. The van der Waals surface area contributed by atoms with Gasteiger partial charge < -0.3 is 4.90 Å². The minimum absolute atomic E-state index is 0.173. The number of hydrogen-bond donors (Lipinski definition) is 1. The van der Waals surface area contributed by atoms with Crippen LogP contribution in [0, 0.1) is 0 Å². The number of hydrogen-bond acceptors (Lipinski definition) is 3. The largest absolute Gasteiger partial charge is 0.416 e. The molecule has 0 saturated carbocycles. The minimum Gasteiger partial charge on any atom is -0.302 e. The summed E-state index contributed by atoms with van der Waals surface area (Å²) in [5.74, 6) is 0. The Morgan fingerprint density at radius 2 is 1.64 bits per heavy atom. The molecule has 0 aromatic heterocycles. The third-order valence-electron chi connectivity index (χ3n) is 3.85. The molecule has 0 aliphatic carbocycles. The number of rotatable bonds is 11. The van der Waals surface area contributed by atoms with Crippen molar-refractivity contribution in [3.8, 4) is 0 Å². The molecule has 0 amide bonds. The molecular weight excluding hydrogens is 353 g/mol. The molecule has 1 rings (SSSR count). The van der Waals surface area contributed by atoms with Gasteiger partial charge in [0.2, 0.25) is 10.0 Å². The van der Waals surface area contributed by atoms with Gasteiger partial charge >= 0.3 is 6.18 Å². The number of alkyl halides is 3. The maximum atomic E-state index is 12.7. The SMILES string of the molecule is CCCCN(CCCC)CCNS(=O)(=O)c1cccc(C(F)(F)F)c1. The molecule has 1 aromatic rings. The second-order valence-electron chi connectivity index (χ2n) is 5.97. The van der Waals surface area contributed by atoms with Crippen molar-refractivity contribution >= 4 is 10.0 Å². The van der Waals surface area contributed by atoms with E-state index in [4.69, 9.17) is 0 Å². The van der Waals surface area contributed by atoms with E-state index < -0.39 is 21.8 Å². The Balaban J connectivity index is 2.68. The number of nitrogens with one attached hydrogen (secondary N) is 1. The second kappa shape index (κ2) is 10.1. The Bertz CT molecular complexity index is 611. The summed E-state index contributed by atoms with van der Waals surface area (Å²) in [7, 11) is -3.96. The number of sulfonamides is 1. The lowest BCUT2D eigenvalue weighted by molar-refractivity contribution is -0.137. The summed E-state index contributed by atoms with van der Waals surface area (Å²) >= 11 is 0. The molecule has 0 radical (unpaired) electrons. The average Bonchev–Trinajstić information content (AvgIpc) is 2.56. The highest BCUT2D eigenvalue weighted by molar-refractivity contribution is 7.89. The molecule has 4 nitrogen and oxygen atoms in total. The Morgan fingerprint density at radius 3 is 2.16 bits per heavy atom. The summed E-state index contributed by atoms with van der Waals surface area (Å²) in [5.41, 5.74) is -0.970. The lowest BCUT2D eigenvalue weighted by atomic mass is 10.2. The van der Waals surface area contributed by atoms with Crippen LogP contribution in [0.25, 0.3) is 0 Å². The molecule has 144 valence electrons. The normalized spacial score (nSPS) is 12.7. The first kappa shape index (κ1) is 21.9. The number of benzene rings is 1. The van der Waals surface area contributed by atoms with Crippen molar-refractivity contribution in [2.45, 2.75) is 50.6 Å². The first-order valence-corrected chi connectivity index (χ1v) is 10.1. The highest BCUT2D eigenvalue weighted by Gasteiger charge is 2.31. The van der Waals surface area contributed by atoms with E-state index in [-0.39, 0.29) is 11.4 Å². The van der Waals surface area contributed by atoms with Crippen LogP contribution in [-0.4, -0.2) is 39.5 Å². The maximum Gasteiger partial charge on any atom is 0.416 e. The summed E-state index contributed by atoms with van der Waals surface area (Å²) in [4.78, 5) is 1.82. The van der Waals surface area contributed by atoms with Gasteiger partial charge in [-0.1, -0.05) is 32.8 Å². The Labute approximate surface area is 148 Å². The zero-order valence-electron chi connectivity index (χ0n) is 14.8. The topological polar surface area (TPSA) is 49.4 Å². The zero-order chi connectivity index (χ0) is 18.9. The van der Waals surface area contributed by atoms with E-state index >= 15 is 0 Å². The van der Waals surface area contributed by atoms with Crippen molar-refractivity contribution in [1.82, 2.24) is 9.62 Å². The fourth-order valence-electron chi connectivity index (χ4n) is 2.36. The number of halogens is 3. The van der Waals surface area contributed by atoms with E-state index in [1.54, 1.807) is 0 Å². The summed E-state index contributed by atoms with van der Waals surface area (Å²) < 4.78 is 65.0. The van der Waals surface area contributed by atoms with Gasteiger partial charge in [0.1, 0.15) is 0 Å². The van der Waals surface area contributed by atoms with E-state index in [1.807, 2.05) is 0 Å². The fourth-order valence-corrected chi connectivity index (χ4v) is 3.43. The molecule has 0 fully saturated rings. The van der Waals surface area contributed by atoms with Crippen LogP contribution in [0.5, 0.6) is 0 Å². The van der Waals surface area contributed by atoms with Crippen LogP contribution in [0.4, 0.5) is 13.2 Å². The van der Waals surface area contributed by atoms with Gasteiger partial charge in [-0.15, -0.1) is 0 Å². The molecule has 0 aliphatic rings. The minimum atomic E-state index is -4.57. The molecule has 0 bridgehead atoms. The lowest BCUT2D eigenvalue weighted by Crippen LogP contribution is -2.36. The predicted molar refractivity (Wildman–Crippen MR) is 92.9 cm³/mol. The van der Waals surface area contributed by atoms with Gasteiger partial charge in [-0.2, -0.15) is 13.2 Å².